The lowest BCUT2D eigenvalue weighted by atomic mass is 10.0. The number of allylic oxidation sites excluding steroid dienone is 22. The van der Waals surface area contributed by atoms with Gasteiger partial charge in [-0.3, -0.25) is 37.3 Å². The normalized spacial score (nSPS) is 14.6. The lowest BCUT2D eigenvalue weighted by Gasteiger charge is -2.21. The molecule has 0 aliphatic carbocycles. The van der Waals surface area contributed by atoms with Crippen molar-refractivity contribution in [3.8, 4) is 0 Å². The van der Waals surface area contributed by atoms with Gasteiger partial charge in [-0.25, -0.2) is 9.13 Å². The molecule has 0 bridgehead atoms. The smallest absolute Gasteiger partial charge is 0.462 e. The van der Waals surface area contributed by atoms with Crippen LogP contribution in [0.15, 0.2) is 134 Å². The summed E-state index contributed by atoms with van der Waals surface area (Å²) in [5.41, 5.74) is 0. The molecule has 0 radical (unpaired) electrons. The number of unbranched alkanes of at least 4 members (excludes halogenated alkanes) is 25. The number of aliphatic hydroxyl groups excluding tert-OH is 1. The van der Waals surface area contributed by atoms with Gasteiger partial charge in [0.2, 0.25) is 0 Å². The Bertz CT molecular complexity index is 2460. The lowest BCUT2D eigenvalue weighted by Crippen LogP contribution is -2.30. The Morgan fingerprint density at radius 2 is 0.520 bits per heavy atom. The zero-order valence-corrected chi connectivity index (χ0v) is 65.5. The standard InChI is InChI=1S/C83H140O17P2/c1-5-9-13-17-21-25-29-33-36-38-41-44-47-51-55-59-63-67-80(85)93-73-78(99-82(87)69-65-61-57-53-49-43-32-28-24-20-16-12-8-4)75-97-101(89,90)95-71-77(84)72-96-102(91,92)98-76-79(100-83(88)70-66-62-58-54-50-46-40-35-31-27-23-19-15-11-7-3)74-94-81(86)68-64-60-56-52-48-45-42-39-37-34-30-26-22-18-14-10-6-2/h9-11,13-15,21-23,25-27,33-37,40,42,45,52,56,77-79,84H,5-8,12,16-20,24,28-32,38-39,41,43-44,46-51,53-55,57-76H2,1-4H3,(H,89,90)(H,91,92)/b13-9-,14-10-,15-11-,25-21-,26-22-,27-23-,36-33-,37-34-,40-35-,45-42-,56-52-. The first kappa shape index (κ1) is 97.2. The van der Waals surface area contributed by atoms with E-state index in [9.17, 15) is 43.2 Å². The maximum atomic E-state index is 13.1. The van der Waals surface area contributed by atoms with Crippen LogP contribution in [0.25, 0.3) is 0 Å². The average molecular weight is 1470 g/mol. The molecular formula is C83H140O17P2. The summed E-state index contributed by atoms with van der Waals surface area (Å²) < 4.78 is 68.5. The molecule has 19 heteroatoms. The quantitative estimate of drug-likeness (QED) is 0.0169. The molecule has 0 heterocycles. The Morgan fingerprint density at radius 3 is 0.824 bits per heavy atom. The summed E-state index contributed by atoms with van der Waals surface area (Å²) in [7, 11) is -9.98. The van der Waals surface area contributed by atoms with Crippen LogP contribution >= 0.6 is 15.6 Å². The molecule has 5 atom stereocenters. The molecule has 17 nitrogen and oxygen atoms in total. The Hall–Kier alpha value is -4.80. The van der Waals surface area contributed by atoms with Crippen molar-refractivity contribution in [3.05, 3.63) is 134 Å². The van der Waals surface area contributed by atoms with Crippen molar-refractivity contribution in [1.82, 2.24) is 0 Å². The zero-order valence-electron chi connectivity index (χ0n) is 63.7. The van der Waals surface area contributed by atoms with Crippen LogP contribution in [0.5, 0.6) is 0 Å². The maximum Gasteiger partial charge on any atom is 0.472 e. The molecular weight excluding hydrogens is 1330 g/mol. The Morgan fingerprint density at radius 1 is 0.284 bits per heavy atom. The van der Waals surface area contributed by atoms with E-state index in [1.54, 1.807) is 0 Å². The van der Waals surface area contributed by atoms with Gasteiger partial charge in [-0.2, -0.15) is 0 Å². The van der Waals surface area contributed by atoms with Crippen LogP contribution in [0.3, 0.4) is 0 Å². The second-order valence-electron chi connectivity index (χ2n) is 25.9. The van der Waals surface area contributed by atoms with E-state index in [4.69, 9.17) is 37.0 Å². The number of rotatable bonds is 73. The van der Waals surface area contributed by atoms with Gasteiger partial charge in [-0.05, 0) is 128 Å². The van der Waals surface area contributed by atoms with Crippen molar-refractivity contribution in [1.29, 1.82) is 0 Å². The summed E-state index contributed by atoms with van der Waals surface area (Å²) in [5, 5.41) is 10.6. The van der Waals surface area contributed by atoms with E-state index in [2.05, 4.69) is 149 Å². The average Bonchev–Trinajstić information content (AvgIpc) is 0.939. The third-order valence-electron chi connectivity index (χ3n) is 16.1. The fourth-order valence-electron chi connectivity index (χ4n) is 10.2. The molecule has 102 heavy (non-hydrogen) atoms. The molecule has 0 aromatic carbocycles. The van der Waals surface area contributed by atoms with Crippen LogP contribution in [-0.4, -0.2) is 96.7 Å². The predicted octanol–water partition coefficient (Wildman–Crippen LogP) is 22.9. The van der Waals surface area contributed by atoms with Crippen molar-refractivity contribution >= 4 is 39.5 Å². The van der Waals surface area contributed by atoms with Gasteiger partial charge < -0.3 is 33.8 Å². The Balaban J connectivity index is 5.41. The van der Waals surface area contributed by atoms with E-state index in [0.717, 1.165) is 173 Å². The largest absolute Gasteiger partial charge is 0.472 e. The molecule has 0 aromatic rings. The van der Waals surface area contributed by atoms with E-state index < -0.39 is 97.5 Å². The Labute approximate surface area is 618 Å². The molecule has 3 N–H and O–H groups in total. The molecule has 0 aromatic heterocycles. The summed E-state index contributed by atoms with van der Waals surface area (Å²) in [4.78, 5) is 73.0. The number of aliphatic hydroxyl groups is 1. The monoisotopic (exact) mass is 1470 g/mol. The van der Waals surface area contributed by atoms with Gasteiger partial charge in [0.15, 0.2) is 12.2 Å². The number of phosphoric acid groups is 2. The predicted molar refractivity (Wildman–Crippen MR) is 418 cm³/mol. The van der Waals surface area contributed by atoms with Crippen molar-refractivity contribution in [2.75, 3.05) is 39.6 Å². The summed E-state index contributed by atoms with van der Waals surface area (Å²) in [6.45, 7) is 4.46. The molecule has 0 fully saturated rings. The maximum absolute atomic E-state index is 13.1. The molecule has 0 aliphatic rings. The molecule has 0 spiro atoms. The first-order chi connectivity index (χ1) is 49.7. The number of phosphoric ester groups is 2. The summed E-state index contributed by atoms with van der Waals surface area (Å²) in [6.07, 6.45) is 83.0. The topological polar surface area (TPSA) is 237 Å². The first-order valence-electron chi connectivity index (χ1n) is 39.4. The summed E-state index contributed by atoms with van der Waals surface area (Å²) in [6, 6.07) is 0. The SMILES string of the molecule is CC/C=C\C/C=C\C/C=C\C/C=C\C/C=C\CCCC(=O)OCC(COP(=O)(O)OCC(O)COP(=O)(O)OCC(COC(=O)CCCCCCCCC/C=C\C/C=C\C/C=C\CC)OC(=O)CCCCCCCCCCCCCCC)OC(=O)CCCCCCC/C=C\C/C=C\C/C=C\CC. The van der Waals surface area contributed by atoms with E-state index in [0.29, 0.717) is 32.1 Å². The Kier molecular flexibility index (Phi) is 71.0. The lowest BCUT2D eigenvalue weighted by molar-refractivity contribution is -0.161. The minimum Gasteiger partial charge on any atom is -0.462 e. The number of esters is 4. The molecule has 5 unspecified atom stereocenters. The van der Waals surface area contributed by atoms with Crippen molar-refractivity contribution in [2.45, 2.75) is 329 Å². The minimum atomic E-state index is -5.00. The first-order valence-corrected chi connectivity index (χ1v) is 42.4. The van der Waals surface area contributed by atoms with Gasteiger partial charge in [-0.15, -0.1) is 0 Å². The van der Waals surface area contributed by atoms with Crippen LogP contribution < -0.4 is 0 Å². The molecule has 0 saturated heterocycles. The van der Waals surface area contributed by atoms with Crippen molar-refractivity contribution in [2.24, 2.45) is 0 Å². The second-order valence-corrected chi connectivity index (χ2v) is 28.8. The fraction of sp³-hybridized carbons (Fsp3) is 0.687. The highest BCUT2D eigenvalue weighted by Gasteiger charge is 2.30. The van der Waals surface area contributed by atoms with Crippen molar-refractivity contribution in [3.63, 3.8) is 0 Å². The van der Waals surface area contributed by atoms with E-state index in [1.165, 1.54) is 51.4 Å². The number of hydrogen-bond acceptors (Lipinski definition) is 15. The third-order valence-corrected chi connectivity index (χ3v) is 18.0. The van der Waals surface area contributed by atoms with Gasteiger partial charge in [-0.1, -0.05) is 290 Å². The van der Waals surface area contributed by atoms with Crippen LogP contribution in [-0.2, 0) is 65.4 Å². The van der Waals surface area contributed by atoms with Crippen LogP contribution in [0.4, 0.5) is 0 Å². The molecule has 0 rings (SSSR count). The van der Waals surface area contributed by atoms with Gasteiger partial charge in [0, 0.05) is 25.7 Å². The van der Waals surface area contributed by atoms with Crippen LogP contribution in [0.1, 0.15) is 310 Å². The highest BCUT2D eigenvalue weighted by molar-refractivity contribution is 7.47. The van der Waals surface area contributed by atoms with Gasteiger partial charge in [0.1, 0.15) is 19.3 Å². The number of carbonyl (C=O) groups is 4. The number of hydrogen-bond donors (Lipinski definition) is 3. The summed E-state index contributed by atoms with van der Waals surface area (Å²) >= 11 is 0. The van der Waals surface area contributed by atoms with Crippen LogP contribution in [0, 0.1) is 0 Å². The number of ether oxygens (including phenoxy) is 4. The van der Waals surface area contributed by atoms with Gasteiger partial charge in [0.05, 0.1) is 26.4 Å². The van der Waals surface area contributed by atoms with Crippen molar-refractivity contribution < 1.29 is 80.2 Å². The van der Waals surface area contributed by atoms with Crippen LogP contribution in [0.2, 0.25) is 0 Å². The van der Waals surface area contributed by atoms with Gasteiger partial charge in [0.25, 0.3) is 0 Å². The third kappa shape index (κ3) is 73.5. The highest BCUT2D eigenvalue weighted by Crippen LogP contribution is 2.45. The van der Waals surface area contributed by atoms with E-state index in [1.807, 2.05) is 12.2 Å². The minimum absolute atomic E-state index is 0.0603. The van der Waals surface area contributed by atoms with Gasteiger partial charge >= 0.3 is 39.5 Å². The molecule has 584 valence electrons. The van der Waals surface area contributed by atoms with E-state index in [-0.39, 0.29) is 25.7 Å². The summed E-state index contributed by atoms with van der Waals surface area (Å²) in [5.74, 6) is -2.27. The van der Waals surface area contributed by atoms with E-state index >= 15 is 0 Å². The molecule has 0 aliphatic heterocycles. The zero-order chi connectivity index (χ0) is 74.6. The second kappa shape index (κ2) is 74.5. The number of carbonyl (C=O) groups excluding carboxylic acids is 4. The molecule has 0 amide bonds. The molecule has 0 saturated carbocycles. The fourth-order valence-corrected chi connectivity index (χ4v) is 11.8. The highest BCUT2D eigenvalue weighted by atomic mass is 31.2.